The van der Waals surface area contributed by atoms with Crippen molar-refractivity contribution in [3.05, 3.63) is 66.1 Å². The second-order valence-corrected chi connectivity index (χ2v) is 7.10. The van der Waals surface area contributed by atoms with Crippen LogP contribution in [0, 0.1) is 0 Å². The third kappa shape index (κ3) is 4.31. The van der Waals surface area contributed by atoms with E-state index in [9.17, 15) is 0 Å². The molecule has 0 bridgehead atoms. The topological polar surface area (TPSA) is 69.8 Å². The Kier molecular flexibility index (Phi) is 5.82. The summed E-state index contributed by atoms with van der Waals surface area (Å²) in [6.07, 6.45) is 4.44. The number of hydrogen-bond acceptors (Lipinski definition) is 4. The van der Waals surface area contributed by atoms with Crippen LogP contribution >= 0.6 is 0 Å². The maximum absolute atomic E-state index is 4.36. The molecule has 3 aromatic rings. The van der Waals surface area contributed by atoms with Gasteiger partial charge in [0.25, 0.3) is 0 Å². The fourth-order valence-corrected chi connectivity index (χ4v) is 3.76. The monoisotopic (exact) mass is 377 g/mol. The lowest BCUT2D eigenvalue weighted by Crippen LogP contribution is -2.44. The summed E-state index contributed by atoms with van der Waals surface area (Å²) in [6.45, 7) is 3.61. The fourth-order valence-electron chi connectivity index (χ4n) is 3.76. The van der Waals surface area contributed by atoms with Crippen LogP contribution in [0.4, 0.5) is 0 Å². The van der Waals surface area contributed by atoms with E-state index in [1.807, 2.05) is 28.8 Å². The van der Waals surface area contributed by atoms with Gasteiger partial charge in [0.05, 0.1) is 6.54 Å². The lowest BCUT2D eigenvalue weighted by atomic mass is 10.2. The molecule has 1 aliphatic rings. The maximum atomic E-state index is 4.36. The number of hydrogen-bond donors (Lipinski definition) is 2. The second kappa shape index (κ2) is 8.84. The fraction of sp³-hybridized carbons (Fsp3) is 0.381. The zero-order chi connectivity index (χ0) is 19.2. The van der Waals surface area contributed by atoms with Crippen molar-refractivity contribution < 1.29 is 0 Å². The number of fused-ring (bicyclic) bond motifs is 1. The van der Waals surface area contributed by atoms with Crippen molar-refractivity contribution in [1.29, 1.82) is 0 Å². The molecule has 1 aliphatic heterocycles. The minimum Gasteiger partial charge on any atom is -0.355 e. The molecule has 4 rings (SSSR count). The van der Waals surface area contributed by atoms with Gasteiger partial charge in [0, 0.05) is 32.4 Å². The summed E-state index contributed by atoms with van der Waals surface area (Å²) < 4.78 is 1.98. The smallest absolute Gasteiger partial charge is 0.191 e. The first-order valence-corrected chi connectivity index (χ1v) is 9.84. The van der Waals surface area contributed by atoms with Crippen LogP contribution in [0.5, 0.6) is 0 Å². The molecule has 2 N–H and O–H groups in total. The number of aliphatic imine (C=N–C) groups is 1. The maximum Gasteiger partial charge on any atom is 0.191 e. The molecule has 1 saturated heterocycles. The lowest BCUT2D eigenvalue weighted by molar-refractivity contribution is 0.245. The van der Waals surface area contributed by atoms with Gasteiger partial charge in [-0.1, -0.05) is 36.4 Å². The molecular formula is C21H27N7. The van der Waals surface area contributed by atoms with Crippen molar-refractivity contribution in [2.45, 2.75) is 32.0 Å². The zero-order valence-electron chi connectivity index (χ0n) is 16.3. The van der Waals surface area contributed by atoms with Crippen molar-refractivity contribution in [3.8, 4) is 0 Å². The molecule has 0 saturated carbocycles. The standard InChI is InChI=1S/C21H27N7/c1-22-21(24-15-20-26-25-19-11-5-6-13-28(19)20)23-14-18-10-7-12-27(18)16-17-8-3-2-4-9-17/h2-6,8-9,11,13,18H,7,10,12,14-16H2,1H3,(H2,22,23,24). The number of pyridine rings is 1. The summed E-state index contributed by atoms with van der Waals surface area (Å²) >= 11 is 0. The van der Waals surface area contributed by atoms with Gasteiger partial charge >= 0.3 is 0 Å². The Labute approximate surface area is 165 Å². The Hall–Kier alpha value is -2.93. The Morgan fingerprint density at radius 3 is 2.82 bits per heavy atom. The van der Waals surface area contributed by atoms with Crippen LogP contribution in [0.1, 0.15) is 24.2 Å². The largest absolute Gasteiger partial charge is 0.355 e. The minimum atomic E-state index is 0.521. The van der Waals surface area contributed by atoms with Gasteiger partial charge in [-0.2, -0.15) is 0 Å². The molecule has 1 fully saturated rings. The van der Waals surface area contributed by atoms with E-state index in [0.29, 0.717) is 12.6 Å². The van der Waals surface area contributed by atoms with Crippen LogP contribution in [-0.4, -0.2) is 51.6 Å². The van der Waals surface area contributed by atoms with Gasteiger partial charge in [-0.25, -0.2) is 0 Å². The van der Waals surface area contributed by atoms with Crippen LogP contribution in [0.3, 0.4) is 0 Å². The number of nitrogens with one attached hydrogen (secondary N) is 2. The average molecular weight is 377 g/mol. The predicted molar refractivity (Wildman–Crippen MR) is 111 cm³/mol. The van der Waals surface area contributed by atoms with Gasteiger partial charge in [-0.15, -0.1) is 10.2 Å². The van der Waals surface area contributed by atoms with Crippen LogP contribution < -0.4 is 10.6 Å². The van der Waals surface area contributed by atoms with E-state index in [2.05, 4.69) is 61.1 Å². The number of guanidine groups is 1. The summed E-state index contributed by atoms with van der Waals surface area (Å²) in [7, 11) is 1.80. The first kappa shape index (κ1) is 18.4. The quantitative estimate of drug-likeness (QED) is 0.508. The van der Waals surface area contributed by atoms with E-state index in [0.717, 1.165) is 37.1 Å². The molecule has 1 atom stereocenters. The highest BCUT2D eigenvalue weighted by molar-refractivity contribution is 5.79. The Balaban J connectivity index is 1.30. The van der Waals surface area contributed by atoms with Gasteiger partial charge in [0.1, 0.15) is 0 Å². The van der Waals surface area contributed by atoms with Crippen molar-refractivity contribution >= 4 is 11.6 Å². The number of aromatic nitrogens is 3. The van der Waals surface area contributed by atoms with Crippen LogP contribution in [0.25, 0.3) is 5.65 Å². The third-order valence-electron chi connectivity index (χ3n) is 5.25. The highest BCUT2D eigenvalue weighted by Crippen LogP contribution is 2.19. The molecule has 1 aromatic carbocycles. The summed E-state index contributed by atoms with van der Waals surface area (Å²) in [5.41, 5.74) is 2.22. The zero-order valence-corrected chi connectivity index (χ0v) is 16.3. The van der Waals surface area contributed by atoms with E-state index < -0.39 is 0 Å². The Morgan fingerprint density at radius 1 is 1.11 bits per heavy atom. The van der Waals surface area contributed by atoms with Gasteiger partial charge in [0.15, 0.2) is 17.4 Å². The molecule has 0 amide bonds. The van der Waals surface area contributed by atoms with Gasteiger partial charge in [-0.05, 0) is 37.1 Å². The predicted octanol–water partition coefficient (Wildman–Crippen LogP) is 2.06. The van der Waals surface area contributed by atoms with Gasteiger partial charge < -0.3 is 10.6 Å². The van der Waals surface area contributed by atoms with E-state index in [4.69, 9.17) is 0 Å². The Bertz CT molecular complexity index is 919. The molecule has 0 aliphatic carbocycles. The summed E-state index contributed by atoms with van der Waals surface area (Å²) in [6, 6.07) is 17.1. The molecular weight excluding hydrogens is 350 g/mol. The molecule has 2 aromatic heterocycles. The summed E-state index contributed by atoms with van der Waals surface area (Å²) in [5, 5.41) is 15.3. The molecule has 3 heterocycles. The van der Waals surface area contributed by atoms with E-state index in [-0.39, 0.29) is 0 Å². The molecule has 0 radical (unpaired) electrons. The average Bonchev–Trinajstić information content (AvgIpc) is 3.36. The second-order valence-electron chi connectivity index (χ2n) is 7.10. The highest BCUT2D eigenvalue weighted by atomic mass is 15.3. The number of likely N-dealkylation sites (tertiary alicyclic amines) is 1. The van der Waals surface area contributed by atoms with Crippen molar-refractivity contribution in [2.24, 2.45) is 4.99 Å². The Morgan fingerprint density at radius 2 is 1.96 bits per heavy atom. The minimum absolute atomic E-state index is 0.521. The molecule has 1 unspecified atom stereocenters. The van der Waals surface area contributed by atoms with Crippen LogP contribution in [0.15, 0.2) is 59.7 Å². The van der Waals surface area contributed by atoms with Crippen LogP contribution in [-0.2, 0) is 13.1 Å². The first-order valence-electron chi connectivity index (χ1n) is 9.84. The van der Waals surface area contributed by atoms with E-state index in [1.165, 1.54) is 18.4 Å². The molecule has 146 valence electrons. The number of rotatable bonds is 6. The first-order chi connectivity index (χ1) is 13.8. The van der Waals surface area contributed by atoms with Crippen molar-refractivity contribution in [2.75, 3.05) is 20.1 Å². The molecule has 28 heavy (non-hydrogen) atoms. The van der Waals surface area contributed by atoms with Crippen molar-refractivity contribution in [3.63, 3.8) is 0 Å². The lowest BCUT2D eigenvalue weighted by Gasteiger charge is -2.25. The van der Waals surface area contributed by atoms with E-state index in [1.54, 1.807) is 7.05 Å². The number of nitrogens with zero attached hydrogens (tertiary/aromatic N) is 5. The molecule has 7 heteroatoms. The van der Waals surface area contributed by atoms with Crippen molar-refractivity contribution in [1.82, 2.24) is 30.1 Å². The highest BCUT2D eigenvalue weighted by Gasteiger charge is 2.24. The number of benzene rings is 1. The van der Waals surface area contributed by atoms with Crippen LogP contribution in [0.2, 0.25) is 0 Å². The molecule has 0 spiro atoms. The summed E-state index contributed by atoms with van der Waals surface area (Å²) in [5.74, 6) is 1.66. The normalized spacial score (nSPS) is 17.9. The van der Waals surface area contributed by atoms with E-state index >= 15 is 0 Å². The summed E-state index contributed by atoms with van der Waals surface area (Å²) in [4.78, 5) is 6.91. The van der Waals surface area contributed by atoms with Gasteiger partial charge in [-0.3, -0.25) is 14.3 Å². The third-order valence-corrected chi connectivity index (χ3v) is 5.25. The SMILES string of the molecule is CN=C(NCc1nnc2ccccn12)NCC1CCCN1Cc1ccccc1. The van der Waals surface area contributed by atoms with Gasteiger partial charge in [0.2, 0.25) is 0 Å². The molecule has 7 nitrogen and oxygen atoms in total.